The Balaban J connectivity index is 0.000000314. The lowest BCUT2D eigenvalue weighted by Crippen LogP contribution is -2.15. The minimum Gasteiger partial charge on any atom is -0.457 e. The van der Waals surface area contributed by atoms with Crippen molar-refractivity contribution in [2.24, 2.45) is 0 Å². The molecule has 0 spiro atoms. The molecule has 0 saturated carbocycles. The van der Waals surface area contributed by atoms with Gasteiger partial charge < -0.3 is 18.9 Å². The zero-order chi connectivity index (χ0) is 65.0. The van der Waals surface area contributed by atoms with E-state index in [2.05, 4.69) is 193 Å². The first kappa shape index (κ1) is 70.4. The van der Waals surface area contributed by atoms with Crippen LogP contribution in [0.2, 0.25) is 0 Å². The number of hydrogen-bond donors (Lipinski definition) is 0. The molecule has 464 valence electrons. The van der Waals surface area contributed by atoms with Crippen LogP contribution in [0.5, 0.6) is 0 Å². The number of carbonyl (C=O) groups is 2. The summed E-state index contributed by atoms with van der Waals surface area (Å²) in [5.41, 5.74) is 48.6. The quantitative estimate of drug-likeness (QED) is 0.0560. The molecule has 0 unspecified atom stereocenters. The van der Waals surface area contributed by atoms with Gasteiger partial charge in [-0.3, -0.25) is 0 Å². The number of benzene rings is 6. The summed E-state index contributed by atoms with van der Waals surface area (Å²) in [5.74, 6) is -0.828. The summed E-state index contributed by atoms with van der Waals surface area (Å²) in [5, 5.41) is 0. The molecule has 0 saturated heterocycles. The predicted molar refractivity (Wildman–Crippen MR) is 367 cm³/mol. The van der Waals surface area contributed by atoms with Crippen molar-refractivity contribution < 1.29 is 28.5 Å². The van der Waals surface area contributed by atoms with Crippen molar-refractivity contribution >= 4 is 11.9 Å². The number of rotatable bonds is 20. The Hall–Kier alpha value is -6.34. The number of carbonyl (C=O) groups excluding carboxylic acids is 2. The molecule has 0 atom stereocenters. The van der Waals surface area contributed by atoms with Crippen molar-refractivity contribution in [1.82, 2.24) is 0 Å². The van der Waals surface area contributed by atoms with Crippen molar-refractivity contribution in [3.8, 4) is 44.5 Å². The molecule has 6 heteroatoms. The first-order chi connectivity index (χ1) is 40.4. The molecule has 0 N–H and O–H groups in total. The minimum atomic E-state index is -0.417. The lowest BCUT2D eigenvalue weighted by Gasteiger charge is -2.30. The summed E-state index contributed by atoms with van der Waals surface area (Å²) in [6.07, 6.45) is 5.94. The highest BCUT2D eigenvalue weighted by Gasteiger charge is 2.30. The first-order valence-corrected chi connectivity index (χ1v) is 31.8. The fraction of sp³-hybridized carbons (Fsp3) is 0.475. The Morgan fingerprint density at radius 2 is 0.442 bits per heavy atom. The smallest absolute Gasteiger partial charge is 0.336 e. The van der Waals surface area contributed by atoms with Crippen molar-refractivity contribution in [1.29, 1.82) is 0 Å². The Kier molecular flexibility index (Phi) is 23.8. The summed E-state index contributed by atoms with van der Waals surface area (Å²) in [7, 11) is 3.11. The van der Waals surface area contributed by atoms with Gasteiger partial charge in [0.05, 0.1) is 24.4 Å². The molecular formula is C80H108O6. The number of methoxy groups -OCH3 is 2. The number of hydrogen-bond acceptors (Lipinski definition) is 6. The highest BCUT2D eigenvalue weighted by Crippen LogP contribution is 2.49. The predicted octanol–water partition coefficient (Wildman–Crippen LogP) is 20.1. The molecule has 0 amide bonds. The van der Waals surface area contributed by atoms with Crippen LogP contribution in [0.4, 0.5) is 0 Å². The van der Waals surface area contributed by atoms with E-state index in [1.807, 2.05) is 0 Å². The van der Waals surface area contributed by atoms with E-state index in [0.717, 1.165) is 49.7 Å². The molecule has 0 radical (unpaired) electrons. The van der Waals surface area contributed by atoms with Crippen LogP contribution in [0, 0.1) is 138 Å². The second-order valence-corrected chi connectivity index (χ2v) is 24.7. The maximum absolute atomic E-state index is 13.0. The van der Waals surface area contributed by atoms with E-state index in [-0.39, 0.29) is 26.4 Å². The summed E-state index contributed by atoms with van der Waals surface area (Å²) >= 11 is 0. The molecule has 0 fully saturated rings. The maximum Gasteiger partial charge on any atom is 0.336 e. The van der Waals surface area contributed by atoms with E-state index in [0.29, 0.717) is 11.1 Å². The Morgan fingerprint density at radius 1 is 0.256 bits per heavy atom. The zero-order valence-electron chi connectivity index (χ0n) is 58.9. The largest absolute Gasteiger partial charge is 0.457 e. The summed E-state index contributed by atoms with van der Waals surface area (Å²) in [6, 6.07) is 0. The fourth-order valence-corrected chi connectivity index (χ4v) is 14.9. The fourth-order valence-electron chi connectivity index (χ4n) is 14.9. The van der Waals surface area contributed by atoms with Crippen LogP contribution < -0.4 is 0 Å². The Bertz CT molecular complexity index is 3560. The normalized spacial score (nSPS) is 11.3. The SMILES string of the molecule is C=C(COC)C(=O)OCc1c(C)c(-c2c(C)c(C)c(CC)c(C)c2C)c(CC)c(C)c1-c1c(C)c(C)c(CC)c(C)c1C.C=C(COC)C(=O)OCc1c(C)c(C)c(-c2c(C)c(CC)c(-c3c(C)c(C)c(CC)c(C)c3C)c(C)c2CC)c(C)c1C. The molecule has 0 heterocycles. The number of esters is 2. The van der Waals surface area contributed by atoms with Gasteiger partial charge >= 0.3 is 11.9 Å². The lowest BCUT2D eigenvalue weighted by molar-refractivity contribution is -0.141. The average Bonchev–Trinajstić information content (AvgIpc) is 0.778. The third-order valence-corrected chi connectivity index (χ3v) is 20.7. The van der Waals surface area contributed by atoms with Gasteiger partial charge in [0.1, 0.15) is 13.2 Å². The molecule has 86 heavy (non-hydrogen) atoms. The third kappa shape index (κ3) is 12.7. The van der Waals surface area contributed by atoms with Crippen LogP contribution in [0.1, 0.15) is 197 Å². The van der Waals surface area contributed by atoms with Crippen molar-refractivity contribution in [3.63, 3.8) is 0 Å². The van der Waals surface area contributed by atoms with E-state index < -0.39 is 11.9 Å². The zero-order valence-corrected chi connectivity index (χ0v) is 58.9. The maximum atomic E-state index is 13.0. The molecule has 0 aliphatic heterocycles. The molecular weight excluding hydrogens is 1060 g/mol. The van der Waals surface area contributed by atoms with Crippen LogP contribution >= 0.6 is 0 Å². The molecule has 6 rings (SSSR count). The van der Waals surface area contributed by atoms with Crippen molar-refractivity contribution in [3.05, 3.63) is 180 Å². The molecule has 0 aliphatic carbocycles. The van der Waals surface area contributed by atoms with Crippen LogP contribution in [0.25, 0.3) is 44.5 Å². The van der Waals surface area contributed by atoms with E-state index >= 15 is 0 Å². The topological polar surface area (TPSA) is 71.1 Å². The van der Waals surface area contributed by atoms with Gasteiger partial charge in [0.25, 0.3) is 0 Å². The molecule has 6 nitrogen and oxygen atoms in total. The van der Waals surface area contributed by atoms with Crippen LogP contribution in [-0.2, 0) is 80.3 Å². The summed E-state index contributed by atoms with van der Waals surface area (Å²) < 4.78 is 21.9. The molecule has 6 aromatic rings. The van der Waals surface area contributed by atoms with Crippen molar-refractivity contribution in [2.75, 3.05) is 27.4 Å². The lowest BCUT2D eigenvalue weighted by atomic mass is 9.75. The third-order valence-electron chi connectivity index (χ3n) is 20.7. The van der Waals surface area contributed by atoms with Gasteiger partial charge in [0, 0.05) is 19.8 Å². The Labute approximate surface area is 521 Å². The second-order valence-electron chi connectivity index (χ2n) is 24.7. The van der Waals surface area contributed by atoms with Crippen molar-refractivity contribution in [2.45, 2.75) is 232 Å². The van der Waals surface area contributed by atoms with Gasteiger partial charge in [-0.1, -0.05) is 54.7 Å². The monoisotopic (exact) mass is 1160 g/mol. The van der Waals surface area contributed by atoms with E-state index in [9.17, 15) is 9.59 Å². The van der Waals surface area contributed by atoms with Gasteiger partial charge in [-0.25, -0.2) is 9.59 Å². The van der Waals surface area contributed by atoms with Gasteiger partial charge in [-0.2, -0.15) is 0 Å². The summed E-state index contributed by atoms with van der Waals surface area (Å²) in [6.45, 7) is 67.4. The number of ether oxygens (including phenoxy) is 4. The van der Waals surface area contributed by atoms with Gasteiger partial charge in [0.15, 0.2) is 0 Å². The standard InChI is InChI=1S/2C40H54O3/c1-16-32-22(5)26(9)36(27(10)23(32)6)38-30(13)34(18-3)39(31(14)33(38)17-2)37-28(11)24(7)35(25(8)29(37)12)20-43-40(41)21(4)19-42-15;1-16-32-22(5)26(9)36(27(10)23(32)6)38-31(14)35(20-43-40(41)21(4)19-42-15)39(30(13)34(38)18-3)37-28(11)24(7)33(17-2)25(8)29(37)12/h2*4,16-20H2,1-3,5-15H3. The van der Waals surface area contributed by atoms with E-state index in [4.69, 9.17) is 18.9 Å². The van der Waals surface area contributed by atoms with Gasteiger partial charge in [0.2, 0.25) is 0 Å². The average molecular weight is 1170 g/mol. The van der Waals surface area contributed by atoms with Crippen LogP contribution in [0.15, 0.2) is 24.3 Å². The minimum absolute atomic E-state index is 0.152. The molecule has 0 aromatic heterocycles. The van der Waals surface area contributed by atoms with E-state index in [1.165, 1.54) is 189 Å². The Morgan fingerprint density at radius 3 is 0.651 bits per heavy atom. The molecule has 0 aliphatic rings. The highest BCUT2D eigenvalue weighted by atomic mass is 16.5. The van der Waals surface area contributed by atoms with E-state index in [1.54, 1.807) is 14.2 Å². The molecule has 0 bridgehead atoms. The van der Waals surface area contributed by atoms with Gasteiger partial charge in [-0.05, 0) is 372 Å². The first-order valence-electron chi connectivity index (χ1n) is 31.8. The molecule has 6 aromatic carbocycles. The summed E-state index contributed by atoms with van der Waals surface area (Å²) in [4.78, 5) is 25.5. The van der Waals surface area contributed by atoms with Crippen LogP contribution in [0.3, 0.4) is 0 Å². The highest BCUT2D eigenvalue weighted by molar-refractivity contribution is 5.92. The van der Waals surface area contributed by atoms with Gasteiger partial charge in [-0.15, -0.1) is 0 Å². The van der Waals surface area contributed by atoms with Crippen LogP contribution in [-0.4, -0.2) is 39.4 Å². The second kappa shape index (κ2) is 29.1.